The van der Waals surface area contributed by atoms with Crippen LogP contribution in [0.4, 0.5) is 0 Å². The molecular weight excluding hydrogens is 394 g/mol. The zero-order valence-corrected chi connectivity index (χ0v) is 16.6. The number of carbonyl (C=O) groups is 1. The summed E-state index contributed by atoms with van der Waals surface area (Å²) in [6, 6.07) is 13.6. The molecule has 0 unspecified atom stereocenters. The second kappa shape index (κ2) is 7.99. The summed E-state index contributed by atoms with van der Waals surface area (Å²) in [5.74, 6) is 0.0612. The number of thiophene rings is 1. The van der Waals surface area contributed by atoms with Crippen LogP contribution in [0.2, 0.25) is 0 Å². The van der Waals surface area contributed by atoms with Gasteiger partial charge in [-0.1, -0.05) is 47.7 Å². The highest BCUT2D eigenvalue weighted by Gasteiger charge is 2.14. The fourth-order valence-electron chi connectivity index (χ4n) is 2.62. The number of amides is 1. The fourth-order valence-corrected chi connectivity index (χ4v) is 4.03. The summed E-state index contributed by atoms with van der Waals surface area (Å²) in [6.45, 7) is 2.49. The minimum absolute atomic E-state index is 0.114. The molecule has 0 spiro atoms. The highest BCUT2D eigenvalue weighted by molar-refractivity contribution is 7.99. The van der Waals surface area contributed by atoms with Crippen molar-refractivity contribution in [3.8, 4) is 10.6 Å². The number of aromatic amines is 1. The van der Waals surface area contributed by atoms with Crippen LogP contribution in [0.1, 0.15) is 11.1 Å². The van der Waals surface area contributed by atoms with Gasteiger partial charge in [-0.25, -0.2) is 9.61 Å². The van der Waals surface area contributed by atoms with Crippen molar-refractivity contribution in [1.82, 2.24) is 25.1 Å². The smallest absolute Gasteiger partial charge is 0.290 e. The average molecular weight is 412 g/mol. The molecule has 0 fully saturated rings. The Morgan fingerprint density at radius 1 is 1.29 bits per heavy atom. The number of H-pyrrole nitrogens is 1. The van der Waals surface area contributed by atoms with Crippen molar-refractivity contribution in [3.63, 3.8) is 0 Å². The lowest BCUT2D eigenvalue weighted by molar-refractivity contribution is -0.118. The molecule has 0 atom stereocenters. The van der Waals surface area contributed by atoms with E-state index in [9.17, 15) is 9.59 Å². The first-order chi connectivity index (χ1) is 13.6. The van der Waals surface area contributed by atoms with Crippen molar-refractivity contribution >= 4 is 34.5 Å². The van der Waals surface area contributed by atoms with E-state index in [4.69, 9.17) is 0 Å². The van der Waals surface area contributed by atoms with E-state index < -0.39 is 0 Å². The monoisotopic (exact) mass is 411 g/mol. The minimum atomic E-state index is -0.316. The maximum absolute atomic E-state index is 12.2. The SMILES string of the molecule is Cc1ccc(CNC(=O)CSc2n[nH]c(=O)c3cc(-c4cccs4)nn23)cc1. The van der Waals surface area contributed by atoms with Crippen LogP contribution in [0.15, 0.2) is 57.8 Å². The molecule has 2 N–H and O–H groups in total. The van der Waals surface area contributed by atoms with Crippen molar-refractivity contribution < 1.29 is 4.79 Å². The standard InChI is InChI=1S/C19H17N5O2S2/c1-12-4-6-13(7-5-12)10-20-17(25)11-28-19-22-21-18(26)15-9-14(23-24(15)19)16-3-2-8-27-16/h2-9H,10-11H2,1H3,(H,20,25)(H,21,26). The van der Waals surface area contributed by atoms with Crippen LogP contribution in [0.3, 0.4) is 0 Å². The molecule has 0 aliphatic heterocycles. The zero-order chi connectivity index (χ0) is 19.5. The lowest BCUT2D eigenvalue weighted by Gasteiger charge is -2.06. The van der Waals surface area contributed by atoms with Gasteiger partial charge in [0.1, 0.15) is 11.2 Å². The van der Waals surface area contributed by atoms with Crippen LogP contribution < -0.4 is 10.9 Å². The van der Waals surface area contributed by atoms with Crippen molar-refractivity contribution in [2.75, 3.05) is 5.75 Å². The molecule has 0 saturated heterocycles. The van der Waals surface area contributed by atoms with Gasteiger partial charge in [-0.15, -0.1) is 16.4 Å². The Hall–Kier alpha value is -2.91. The summed E-state index contributed by atoms with van der Waals surface area (Å²) in [5, 5.41) is 16.3. The number of hydrogen-bond donors (Lipinski definition) is 2. The Morgan fingerprint density at radius 2 is 2.11 bits per heavy atom. The van der Waals surface area contributed by atoms with Crippen molar-refractivity contribution in [3.05, 3.63) is 69.3 Å². The number of thioether (sulfide) groups is 1. The molecule has 28 heavy (non-hydrogen) atoms. The topological polar surface area (TPSA) is 92.1 Å². The number of benzene rings is 1. The minimum Gasteiger partial charge on any atom is -0.351 e. The molecule has 0 bridgehead atoms. The molecule has 0 aliphatic carbocycles. The number of hydrogen-bond acceptors (Lipinski definition) is 6. The van der Waals surface area contributed by atoms with Gasteiger partial charge >= 0.3 is 0 Å². The van der Waals surface area contributed by atoms with Crippen LogP contribution in [0, 0.1) is 6.92 Å². The number of aromatic nitrogens is 4. The predicted octanol–water partition coefficient (Wildman–Crippen LogP) is 2.86. The Morgan fingerprint density at radius 3 is 2.86 bits per heavy atom. The molecule has 3 aromatic heterocycles. The van der Waals surface area contributed by atoms with Gasteiger partial charge in [0.2, 0.25) is 11.1 Å². The number of carbonyl (C=O) groups excluding carboxylic acids is 1. The quantitative estimate of drug-likeness (QED) is 0.476. The van der Waals surface area contributed by atoms with Gasteiger partial charge in [0, 0.05) is 6.54 Å². The maximum Gasteiger partial charge on any atom is 0.290 e. The summed E-state index contributed by atoms with van der Waals surface area (Å²) < 4.78 is 1.49. The van der Waals surface area contributed by atoms with E-state index >= 15 is 0 Å². The molecule has 0 radical (unpaired) electrons. The van der Waals surface area contributed by atoms with Crippen molar-refractivity contribution in [2.24, 2.45) is 0 Å². The third-order valence-corrected chi connectivity index (χ3v) is 5.91. The van der Waals surface area contributed by atoms with E-state index in [1.54, 1.807) is 17.4 Å². The van der Waals surface area contributed by atoms with Crippen LogP contribution in [-0.2, 0) is 11.3 Å². The van der Waals surface area contributed by atoms with Gasteiger partial charge in [-0.3, -0.25) is 9.59 Å². The number of fused-ring (bicyclic) bond motifs is 1. The second-order valence-corrected chi connectivity index (χ2v) is 8.08. The first kappa shape index (κ1) is 18.5. The molecule has 4 rings (SSSR count). The largest absolute Gasteiger partial charge is 0.351 e. The van der Waals surface area contributed by atoms with Gasteiger partial charge < -0.3 is 5.32 Å². The van der Waals surface area contributed by atoms with Gasteiger partial charge in [-0.05, 0) is 30.0 Å². The molecule has 1 amide bonds. The van der Waals surface area contributed by atoms with Crippen LogP contribution in [0.5, 0.6) is 0 Å². The van der Waals surface area contributed by atoms with Crippen LogP contribution in [-0.4, -0.2) is 31.5 Å². The third-order valence-electron chi connectivity index (χ3n) is 4.09. The zero-order valence-electron chi connectivity index (χ0n) is 15.0. The first-order valence-corrected chi connectivity index (χ1v) is 10.4. The van der Waals surface area contributed by atoms with Gasteiger partial charge in [0.15, 0.2) is 0 Å². The second-order valence-electron chi connectivity index (χ2n) is 6.19. The summed E-state index contributed by atoms with van der Waals surface area (Å²) in [5.41, 5.74) is 3.02. The molecule has 1 aromatic carbocycles. The molecule has 142 valence electrons. The third kappa shape index (κ3) is 4.00. The number of rotatable bonds is 6. The van der Waals surface area contributed by atoms with E-state index in [0.717, 1.165) is 10.4 Å². The van der Waals surface area contributed by atoms with Gasteiger partial charge in [0.25, 0.3) is 5.56 Å². The Kier molecular flexibility index (Phi) is 5.27. The van der Waals surface area contributed by atoms with Crippen molar-refractivity contribution in [2.45, 2.75) is 18.6 Å². The highest BCUT2D eigenvalue weighted by atomic mass is 32.2. The lowest BCUT2D eigenvalue weighted by atomic mass is 10.1. The molecule has 3 heterocycles. The summed E-state index contributed by atoms with van der Waals surface area (Å²) >= 11 is 2.77. The van der Waals surface area contributed by atoms with Crippen molar-refractivity contribution in [1.29, 1.82) is 0 Å². The average Bonchev–Trinajstić information content (AvgIpc) is 3.37. The molecule has 4 aromatic rings. The Labute approximate surface area is 168 Å². The molecular formula is C19H17N5O2S2. The lowest BCUT2D eigenvalue weighted by Crippen LogP contribution is -2.25. The number of aryl methyl sites for hydroxylation is 1. The summed E-state index contributed by atoms with van der Waals surface area (Å²) in [7, 11) is 0. The Bertz CT molecular complexity index is 1160. The summed E-state index contributed by atoms with van der Waals surface area (Å²) in [4.78, 5) is 25.2. The molecule has 7 nitrogen and oxygen atoms in total. The molecule has 9 heteroatoms. The van der Waals surface area contributed by atoms with Gasteiger partial charge in [0.05, 0.1) is 10.6 Å². The van der Waals surface area contributed by atoms with E-state index in [0.29, 0.717) is 22.9 Å². The summed E-state index contributed by atoms with van der Waals surface area (Å²) in [6.07, 6.45) is 0. The van der Waals surface area contributed by atoms with Crippen LogP contribution in [0.25, 0.3) is 16.1 Å². The number of nitrogens with zero attached hydrogens (tertiary/aromatic N) is 3. The van der Waals surface area contributed by atoms with E-state index in [-0.39, 0.29) is 17.2 Å². The normalized spacial score (nSPS) is 11.0. The van der Waals surface area contributed by atoms with Crippen LogP contribution >= 0.6 is 23.1 Å². The van der Waals surface area contributed by atoms with Gasteiger partial charge in [-0.2, -0.15) is 5.10 Å². The predicted molar refractivity (Wildman–Crippen MR) is 111 cm³/mol. The number of nitrogens with one attached hydrogen (secondary N) is 2. The Balaban J connectivity index is 1.45. The highest BCUT2D eigenvalue weighted by Crippen LogP contribution is 2.25. The van der Waals surface area contributed by atoms with E-state index in [1.807, 2.05) is 48.7 Å². The fraction of sp³-hybridized carbons (Fsp3) is 0.158. The maximum atomic E-state index is 12.2. The first-order valence-electron chi connectivity index (χ1n) is 8.57. The van der Waals surface area contributed by atoms with E-state index in [2.05, 4.69) is 20.6 Å². The molecule has 0 saturated carbocycles. The molecule has 0 aliphatic rings. The van der Waals surface area contributed by atoms with E-state index in [1.165, 1.54) is 21.8 Å².